The number of ether oxygens (including phenoxy) is 1. The first kappa shape index (κ1) is 17.6. The van der Waals surface area contributed by atoms with E-state index in [4.69, 9.17) is 4.74 Å². The maximum absolute atomic E-state index is 9.61. The van der Waals surface area contributed by atoms with E-state index in [9.17, 15) is 5.11 Å². The molecular weight excluding hydrogens is 290 g/mol. The van der Waals surface area contributed by atoms with Gasteiger partial charge in [0.25, 0.3) is 0 Å². The smallest absolute Gasteiger partial charge is 0.191 e. The number of nitrogens with one attached hydrogen (secondary N) is 2. The van der Waals surface area contributed by atoms with Gasteiger partial charge in [-0.25, -0.2) is 4.99 Å². The Balaban J connectivity index is 1.99. The molecule has 0 amide bonds. The molecule has 23 heavy (non-hydrogen) atoms. The zero-order valence-electron chi connectivity index (χ0n) is 14.4. The Labute approximate surface area is 139 Å². The number of aliphatic hydroxyl groups excluding tert-OH is 1. The van der Waals surface area contributed by atoms with Crippen molar-refractivity contribution in [1.82, 2.24) is 10.6 Å². The van der Waals surface area contributed by atoms with Crippen LogP contribution in [0.15, 0.2) is 23.2 Å². The van der Waals surface area contributed by atoms with Crippen LogP contribution in [0, 0.1) is 6.92 Å². The predicted octanol–water partition coefficient (Wildman–Crippen LogP) is 2.36. The quantitative estimate of drug-likeness (QED) is 0.576. The van der Waals surface area contributed by atoms with Crippen LogP contribution in [0.5, 0.6) is 5.75 Å². The second-order valence-electron chi connectivity index (χ2n) is 6.20. The molecule has 2 rings (SSSR count). The third-order valence-corrected chi connectivity index (χ3v) is 4.15. The minimum absolute atomic E-state index is 0.132. The fourth-order valence-electron chi connectivity index (χ4n) is 2.94. The van der Waals surface area contributed by atoms with Crippen LogP contribution in [0.1, 0.15) is 43.7 Å². The van der Waals surface area contributed by atoms with Crippen molar-refractivity contribution in [3.8, 4) is 5.75 Å². The van der Waals surface area contributed by atoms with Crippen LogP contribution in [0.4, 0.5) is 0 Å². The number of rotatable bonds is 5. The number of aliphatic hydroxyl groups is 1. The molecule has 0 aliphatic heterocycles. The first-order chi connectivity index (χ1) is 11.1. The summed E-state index contributed by atoms with van der Waals surface area (Å²) >= 11 is 0. The van der Waals surface area contributed by atoms with E-state index in [-0.39, 0.29) is 6.10 Å². The molecule has 0 aromatic heterocycles. The van der Waals surface area contributed by atoms with Crippen molar-refractivity contribution in [3.05, 3.63) is 29.3 Å². The third-order valence-electron chi connectivity index (χ3n) is 4.15. The lowest BCUT2D eigenvalue weighted by Gasteiger charge is -2.27. The third kappa shape index (κ3) is 5.75. The van der Waals surface area contributed by atoms with Gasteiger partial charge in [-0.1, -0.05) is 6.07 Å². The molecule has 3 N–H and O–H groups in total. The van der Waals surface area contributed by atoms with Gasteiger partial charge < -0.3 is 20.5 Å². The number of nitrogens with zero attached hydrogens (tertiary/aromatic N) is 1. The van der Waals surface area contributed by atoms with Crippen molar-refractivity contribution in [2.75, 3.05) is 13.7 Å². The Hall–Kier alpha value is -1.75. The monoisotopic (exact) mass is 319 g/mol. The maximum atomic E-state index is 9.61. The van der Waals surface area contributed by atoms with Gasteiger partial charge in [0.15, 0.2) is 5.96 Å². The molecule has 0 bridgehead atoms. The van der Waals surface area contributed by atoms with Crippen LogP contribution < -0.4 is 15.4 Å². The zero-order valence-corrected chi connectivity index (χ0v) is 14.4. The first-order valence-electron chi connectivity index (χ1n) is 8.48. The van der Waals surface area contributed by atoms with Gasteiger partial charge in [0.1, 0.15) is 5.75 Å². The van der Waals surface area contributed by atoms with Crippen LogP contribution >= 0.6 is 0 Å². The number of aryl methyl sites for hydroxylation is 1. The zero-order chi connectivity index (χ0) is 16.7. The number of methoxy groups -OCH3 is 1. The first-order valence-corrected chi connectivity index (χ1v) is 8.48. The summed E-state index contributed by atoms with van der Waals surface area (Å²) in [4.78, 5) is 4.69. The average Bonchev–Trinajstić information content (AvgIpc) is 2.54. The molecule has 128 valence electrons. The summed E-state index contributed by atoms with van der Waals surface area (Å²) in [6.07, 6.45) is 3.58. The molecule has 1 aliphatic carbocycles. The minimum Gasteiger partial charge on any atom is -0.497 e. The lowest BCUT2D eigenvalue weighted by atomic mass is 9.93. The maximum Gasteiger partial charge on any atom is 0.191 e. The van der Waals surface area contributed by atoms with Crippen LogP contribution in [-0.4, -0.2) is 36.9 Å². The van der Waals surface area contributed by atoms with Crippen LogP contribution in [-0.2, 0) is 6.54 Å². The van der Waals surface area contributed by atoms with Crippen LogP contribution in [0.25, 0.3) is 0 Å². The fourth-order valence-corrected chi connectivity index (χ4v) is 2.94. The molecule has 0 atom stereocenters. The molecule has 0 radical (unpaired) electrons. The highest BCUT2D eigenvalue weighted by molar-refractivity contribution is 5.80. The number of hydrogen-bond acceptors (Lipinski definition) is 3. The summed E-state index contributed by atoms with van der Waals surface area (Å²) in [5, 5.41) is 16.4. The summed E-state index contributed by atoms with van der Waals surface area (Å²) in [6, 6.07) is 6.57. The Morgan fingerprint density at radius 2 is 2.00 bits per heavy atom. The van der Waals surface area contributed by atoms with Gasteiger partial charge in [0, 0.05) is 12.6 Å². The molecule has 1 aromatic rings. The lowest BCUT2D eigenvalue weighted by Crippen LogP contribution is -2.45. The molecule has 0 saturated heterocycles. The molecule has 1 aliphatic rings. The van der Waals surface area contributed by atoms with Gasteiger partial charge in [-0.05, 0) is 62.8 Å². The molecule has 0 spiro atoms. The SMILES string of the molecule is CCNC(=NCc1cc(C)cc(OC)c1)NC1CCC(O)CC1. The van der Waals surface area contributed by atoms with E-state index in [0.717, 1.165) is 49.5 Å². The minimum atomic E-state index is -0.132. The Bertz CT molecular complexity index is 523. The number of aliphatic imine (C=N–C) groups is 1. The van der Waals surface area contributed by atoms with Crippen molar-refractivity contribution >= 4 is 5.96 Å². The average molecular weight is 319 g/mol. The topological polar surface area (TPSA) is 65.9 Å². The van der Waals surface area contributed by atoms with E-state index in [1.54, 1.807) is 7.11 Å². The highest BCUT2D eigenvalue weighted by Gasteiger charge is 2.19. The molecule has 0 heterocycles. The van der Waals surface area contributed by atoms with Crippen molar-refractivity contribution in [1.29, 1.82) is 0 Å². The summed E-state index contributed by atoms with van der Waals surface area (Å²) in [6.45, 7) is 5.57. The molecule has 5 nitrogen and oxygen atoms in total. The van der Waals surface area contributed by atoms with E-state index < -0.39 is 0 Å². The summed E-state index contributed by atoms with van der Waals surface area (Å²) < 4.78 is 5.32. The summed E-state index contributed by atoms with van der Waals surface area (Å²) in [5.74, 6) is 1.71. The highest BCUT2D eigenvalue weighted by atomic mass is 16.5. The molecule has 1 fully saturated rings. The Kier molecular flexibility index (Phi) is 6.71. The van der Waals surface area contributed by atoms with E-state index in [0.29, 0.717) is 12.6 Å². The van der Waals surface area contributed by atoms with E-state index in [2.05, 4.69) is 35.5 Å². The van der Waals surface area contributed by atoms with Crippen LogP contribution in [0.2, 0.25) is 0 Å². The lowest BCUT2D eigenvalue weighted by molar-refractivity contribution is 0.120. The van der Waals surface area contributed by atoms with Gasteiger partial charge in [0.05, 0.1) is 19.8 Å². The number of hydrogen-bond donors (Lipinski definition) is 3. The summed E-state index contributed by atoms with van der Waals surface area (Å²) in [5.41, 5.74) is 2.31. The summed E-state index contributed by atoms with van der Waals surface area (Å²) in [7, 11) is 1.69. The normalized spacial score (nSPS) is 21.8. The number of guanidine groups is 1. The van der Waals surface area contributed by atoms with E-state index in [1.807, 2.05) is 12.1 Å². The fraction of sp³-hybridized carbons (Fsp3) is 0.611. The van der Waals surface area contributed by atoms with Crippen LogP contribution in [0.3, 0.4) is 0 Å². The molecule has 0 unspecified atom stereocenters. The van der Waals surface area contributed by atoms with Gasteiger partial charge in [-0.2, -0.15) is 0 Å². The van der Waals surface area contributed by atoms with Crippen molar-refractivity contribution < 1.29 is 9.84 Å². The van der Waals surface area contributed by atoms with Crippen molar-refractivity contribution in [2.24, 2.45) is 4.99 Å². The van der Waals surface area contributed by atoms with E-state index in [1.165, 1.54) is 5.56 Å². The van der Waals surface area contributed by atoms with E-state index >= 15 is 0 Å². The Morgan fingerprint density at radius 1 is 1.26 bits per heavy atom. The predicted molar refractivity (Wildman–Crippen MR) is 93.9 cm³/mol. The van der Waals surface area contributed by atoms with Crippen molar-refractivity contribution in [2.45, 2.75) is 58.2 Å². The number of benzene rings is 1. The van der Waals surface area contributed by atoms with Crippen molar-refractivity contribution in [3.63, 3.8) is 0 Å². The van der Waals surface area contributed by atoms with Gasteiger partial charge in [-0.15, -0.1) is 0 Å². The van der Waals surface area contributed by atoms with Gasteiger partial charge in [-0.3, -0.25) is 0 Å². The van der Waals surface area contributed by atoms with Gasteiger partial charge in [0.2, 0.25) is 0 Å². The molecule has 5 heteroatoms. The molecule has 1 aromatic carbocycles. The second kappa shape index (κ2) is 8.77. The van der Waals surface area contributed by atoms with Gasteiger partial charge >= 0.3 is 0 Å². The largest absolute Gasteiger partial charge is 0.497 e. The highest BCUT2D eigenvalue weighted by Crippen LogP contribution is 2.19. The molecular formula is C18H29N3O2. The Morgan fingerprint density at radius 3 is 2.65 bits per heavy atom. The molecule has 1 saturated carbocycles. The second-order valence-corrected chi connectivity index (χ2v) is 6.20. The standard InChI is InChI=1S/C18H29N3O2/c1-4-19-18(21-15-5-7-16(22)8-6-15)20-12-14-9-13(2)10-17(11-14)23-3/h9-11,15-16,22H,4-8,12H2,1-3H3,(H2,19,20,21).